The molecule has 1 amide bonds. The van der Waals surface area contributed by atoms with Gasteiger partial charge in [-0.3, -0.25) is 4.79 Å². The second-order valence-electron chi connectivity index (χ2n) is 8.14. The number of amides is 1. The fraction of sp³-hybridized carbons (Fsp3) is 0.240. The van der Waals surface area contributed by atoms with Crippen LogP contribution in [0.4, 0.5) is 5.69 Å². The van der Waals surface area contributed by atoms with Gasteiger partial charge in [0.25, 0.3) is 5.91 Å². The lowest BCUT2D eigenvalue weighted by atomic mass is 9.94. The molecule has 31 heavy (non-hydrogen) atoms. The minimum Gasteiger partial charge on any atom is -0.461 e. The molecule has 2 aromatic carbocycles. The van der Waals surface area contributed by atoms with Crippen LogP contribution in [0.15, 0.2) is 57.8 Å². The molecule has 1 N–H and O–H groups in total. The topological polar surface area (TPSA) is 76.4 Å². The molecule has 2 heterocycles. The third-order valence-corrected chi connectivity index (χ3v) is 7.72. The summed E-state index contributed by atoms with van der Waals surface area (Å²) in [6.45, 7) is 1.96. The van der Waals surface area contributed by atoms with Gasteiger partial charge in [0.05, 0.1) is 16.2 Å². The van der Waals surface area contributed by atoms with Crippen molar-refractivity contribution < 1.29 is 17.6 Å². The van der Waals surface area contributed by atoms with Crippen molar-refractivity contribution in [3.63, 3.8) is 0 Å². The summed E-state index contributed by atoms with van der Waals surface area (Å²) in [5.41, 5.74) is 4.78. The molecule has 0 bridgehead atoms. The summed E-state index contributed by atoms with van der Waals surface area (Å²) in [6.07, 6.45) is 5.33. The van der Waals surface area contributed by atoms with Gasteiger partial charge in [-0.05, 0) is 61.6 Å². The predicted molar refractivity (Wildman–Crippen MR) is 120 cm³/mol. The van der Waals surface area contributed by atoms with Gasteiger partial charge in [0.2, 0.25) is 0 Å². The van der Waals surface area contributed by atoms with Crippen molar-refractivity contribution in [2.75, 3.05) is 5.32 Å². The minimum absolute atomic E-state index is 0.142. The van der Waals surface area contributed by atoms with Crippen LogP contribution in [0, 0.1) is 6.92 Å². The number of sulfone groups is 1. The molecular weight excluding hydrogens is 410 g/mol. The van der Waals surface area contributed by atoms with E-state index in [9.17, 15) is 13.2 Å². The lowest BCUT2D eigenvalue weighted by Gasteiger charge is -2.11. The highest BCUT2D eigenvalue weighted by molar-refractivity contribution is 7.90. The summed E-state index contributed by atoms with van der Waals surface area (Å²) in [7, 11) is -3.54. The van der Waals surface area contributed by atoms with Crippen LogP contribution in [0.5, 0.6) is 0 Å². The van der Waals surface area contributed by atoms with E-state index in [1.54, 1.807) is 36.4 Å². The van der Waals surface area contributed by atoms with Crippen LogP contribution in [-0.2, 0) is 33.2 Å². The van der Waals surface area contributed by atoms with Crippen molar-refractivity contribution in [3.05, 3.63) is 82.3 Å². The number of hydrogen-bond acceptors (Lipinski definition) is 4. The van der Waals surface area contributed by atoms with Crippen LogP contribution in [0.25, 0.3) is 11.6 Å². The van der Waals surface area contributed by atoms with Crippen molar-refractivity contribution in [1.29, 1.82) is 0 Å². The van der Waals surface area contributed by atoms with Crippen LogP contribution in [0.2, 0.25) is 0 Å². The quantitative estimate of drug-likeness (QED) is 0.592. The summed E-state index contributed by atoms with van der Waals surface area (Å²) in [6, 6.07) is 14.2. The van der Waals surface area contributed by atoms with Gasteiger partial charge >= 0.3 is 0 Å². The first-order chi connectivity index (χ1) is 14.9. The second-order valence-corrected chi connectivity index (χ2v) is 10.1. The first kappa shape index (κ1) is 19.8. The molecular formula is C25H23NO4S. The van der Waals surface area contributed by atoms with Crippen molar-refractivity contribution in [3.8, 4) is 0 Å². The van der Waals surface area contributed by atoms with E-state index < -0.39 is 9.84 Å². The molecule has 158 valence electrons. The normalized spacial score (nSPS) is 16.8. The molecule has 0 radical (unpaired) electrons. The Morgan fingerprint density at radius 2 is 1.81 bits per heavy atom. The number of rotatable bonds is 4. The zero-order chi connectivity index (χ0) is 21.6. The van der Waals surface area contributed by atoms with E-state index in [1.807, 2.05) is 25.1 Å². The third kappa shape index (κ3) is 3.51. The first-order valence-corrected chi connectivity index (χ1v) is 12.1. The van der Waals surface area contributed by atoms with Crippen molar-refractivity contribution >= 4 is 33.1 Å². The van der Waals surface area contributed by atoms with E-state index >= 15 is 0 Å². The predicted octanol–water partition coefficient (Wildman–Crippen LogP) is 4.93. The van der Waals surface area contributed by atoms with Gasteiger partial charge in [-0.15, -0.1) is 0 Å². The van der Waals surface area contributed by atoms with Gasteiger partial charge in [-0.2, -0.15) is 0 Å². The third-order valence-electron chi connectivity index (χ3n) is 6.06. The maximum absolute atomic E-state index is 13.1. The Bertz CT molecular complexity index is 1320. The van der Waals surface area contributed by atoms with Crippen LogP contribution in [0.1, 0.15) is 46.6 Å². The lowest BCUT2D eigenvalue weighted by molar-refractivity contribution is -0.110. The molecule has 0 spiro atoms. The summed E-state index contributed by atoms with van der Waals surface area (Å²) in [4.78, 5) is 13.0. The largest absolute Gasteiger partial charge is 0.461 e. The molecule has 6 heteroatoms. The molecule has 1 aliphatic heterocycles. The number of aryl methyl sites for hydroxylation is 2. The van der Waals surface area contributed by atoms with Crippen LogP contribution in [0.3, 0.4) is 0 Å². The van der Waals surface area contributed by atoms with E-state index in [-0.39, 0.29) is 11.7 Å². The zero-order valence-electron chi connectivity index (χ0n) is 17.3. The standard InChI is InChI=1S/C25H23NO4S/c1-16-8-7-12-21-24(16)19(25(27)26-21)14-23-20(18-11-5-6-13-22(18)30-23)15-31(28,29)17-9-3-2-4-10-17/h2-4,7-10,12,14H,5-6,11,13,15H2,1H3,(H,26,27). The molecule has 1 aliphatic carbocycles. The lowest BCUT2D eigenvalue weighted by Crippen LogP contribution is -2.09. The Kier molecular flexibility index (Phi) is 4.82. The highest BCUT2D eigenvalue weighted by Gasteiger charge is 2.30. The smallest absolute Gasteiger partial charge is 0.256 e. The molecule has 0 saturated heterocycles. The Morgan fingerprint density at radius 3 is 2.61 bits per heavy atom. The number of carbonyl (C=O) groups excluding carboxylic acids is 1. The first-order valence-electron chi connectivity index (χ1n) is 10.5. The number of fused-ring (bicyclic) bond motifs is 2. The van der Waals surface area contributed by atoms with E-state index in [1.165, 1.54) is 0 Å². The molecule has 0 atom stereocenters. The van der Waals surface area contributed by atoms with Crippen LogP contribution in [-0.4, -0.2) is 14.3 Å². The molecule has 5 nitrogen and oxygen atoms in total. The van der Waals surface area contributed by atoms with E-state index in [4.69, 9.17) is 4.42 Å². The van der Waals surface area contributed by atoms with Crippen molar-refractivity contribution in [1.82, 2.24) is 0 Å². The average Bonchev–Trinajstić information content (AvgIpc) is 3.27. The van der Waals surface area contributed by atoms with Gasteiger partial charge in [0.1, 0.15) is 11.5 Å². The maximum Gasteiger partial charge on any atom is 0.256 e. The van der Waals surface area contributed by atoms with E-state index in [0.717, 1.165) is 53.8 Å². The zero-order valence-corrected chi connectivity index (χ0v) is 18.1. The molecule has 2 aliphatic rings. The number of furan rings is 1. The summed E-state index contributed by atoms with van der Waals surface area (Å²) in [5.74, 6) is 0.986. The van der Waals surface area contributed by atoms with E-state index in [0.29, 0.717) is 21.8 Å². The number of hydrogen-bond donors (Lipinski definition) is 1. The average molecular weight is 434 g/mol. The Labute approximate surface area is 181 Å². The van der Waals surface area contributed by atoms with Gasteiger partial charge in [0.15, 0.2) is 9.84 Å². The fourth-order valence-corrected chi connectivity index (χ4v) is 5.96. The van der Waals surface area contributed by atoms with Crippen LogP contribution >= 0.6 is 0 Å². The summed E-state index contributed by atoms with van der Waals surface area (Å²) >= 11 is 0. The molecule has 1 aromatic heterocycles. The number of anilines is 1. The highest BCUT2D eigenvalue weighted by atomic mass is 32.2. The van der Waals surface area contributed by atoms with Gasteiger partial charge in [-0.25, -0.2) is 8.42 Å². The Morgan fingerprint density at radius 1 is 1.03 bits per heavy atom. The van der Waals surface area contributed by atoms with Crippen LogP contribution < -0.4 is 5.32 Å². The molecule has 0 saturated carbocycles. The van der Waals surface area contributed by atoms with Gasteiger partial charge in [-0.1, -0.05) is 30.3 Å². The molecule has 0 unspecified atom stereocenters. The van der Waals surface area contributed by atoms with Gasteiger partial charge in [0, 0.05) is 23.2 Å². The minimum atomic E-state index is -3.54. The number of carbonyl (C=O) groups is 1. The van der Waals surface area contributed by atoms with E-state index in [2.05, 4.69) is 5.32 Å². The fourth-order valence-electron chi connectivity index (χ4n) is 4.53. The van der Waals surface area contributed by atoms with Gasteiger partial charge < -0.3 is 9.73 Å². The number of nitrogens with one attached hydrogen (secondary N) is 1. The number of benzene rings is 2. The Hall–Kier alpha value is -3.12. The maximum atomic E-state index is 13.1. The molecule has 5 rings (SSSR count). The monoisotopic (exact) mass is 433 g/mol. The Balaban J connectivity index is 1.64. The molecule has 3 aromatic rings. The van der Waals surface area contributed by atoms with Crippen molar-refractivity contribution in [2.45, 2.75) is 43.3 Å². The van der Waals surface area contributed by atoms with Crippen molar-refractivity contribution in [2.24, 2.45) is 0 Å². The summed E-state index contributed by atoms with van der Waals surface area (Å²) < 4.78 is 32.5. The highest BCUT2D eigenvalue weighted by Crippen LogP contribution is 2.39. The SMILES string of the molecule is Cc1cccc2c1C(=Cc1oc3c(c1CS(=O)(=O)c1ccccc1)CCCC3)C(=O)N2. The molecule has 0 fully saturated rings. The second kappa shape index (κ2) is 7.54. The summed E-state index contributed by atoms with van der Waals surface area (Å²) in [5, 5.41) is 2.90.